The van der Waals surface area contributed by atoms with Crippen molar-refractivity contribution in [2.75, 3.05) is 0 Å². The van der Waals surface area contributed by atoms with Gasteiger partial charge in [-0.3, -0.25) is 19.2 Å². The van der Waals surface area contributed by atoms with Crippen LogP contribution in [0.15, 0.2) is 0 Å². The van der Waals surface area contributed by atoms with E-state index >= 15 is 0 Å². The molecule has 0 heterocycles. The molecule has 96 valence electrons. The lowest BCUT2D eigenvalue weighted by Gasteiger charge is -2.40. The van der Waals surface area contributed by atoms with E-state index in [-0.39, 0.29) is 0 Å². The predicted molar refractivity (Wildman–Crippen MR) is 60.9 cm³/mol. The quantitative estimate of drug-likeness (QED) is 0.471. The normalized spacial score (nSPS) is 12.1. The van der Waals surface area contributed by atoms with Gasteiger partial charge in [0, 0.05) is 6.42 Å². The zero-order valence-electron chi connectivity index (χ0n) is 10.5. The minimum atomic E-state index is -2.17. The van der Waals surface area contributed by atoms with Crippen LogP contribution >= 0.6 is 0 Å². The standard InChI is InChI=1S/C11H18N2O4/c1-6(14)5-10(7(2)15,8(3)16)11(12,13)9(4)17/h5,12-13H2,1-4H3. The third kappa shape index (κ3) is 2.48. The van der Waals surface area contributed by atoms with Gasteiger partial charge in [0.1, 0.15) is 28.4 Å². The number of hydrogen-bond acceptors (Lipinski definition) is 6. The van der Waals surface area contributed by atoms with Gasteiger partial charge in [-0.25, -0.2) is 0 Å². The fourth-order valence-electron chi connectivity index (χ4n) is 1.90. The summed E-state index contributed by atoms with van der Waals surface area (Å²) < 4.78 is 0. The molecule has 0 amide bonds. The minimum absolute atomic E-state index is 0.433. The molecule has 6 heteroatoms. The van der Waals surface area contributed by atoms with Crippen LogP contribution < -0.4 is 11.5 Å². The summed E-state index contributed by atoms with van der Waals surface area (Å²) in [6.45, 7) is 4.49. The molecular weight excluding hydrogens is 224 g/mol. The molecule has 0 aromatic rings. The highest BCUT2D eigenvalue weighted by atomic mass is 16.2. The van der Waals surface area contributed by atoms with Crippen molar-refractivity contribution < 1.29 is 19.2 Å². The first kappa shape index (κ1) is 15.6. The van der Waals surface area contributed by atoms with Crippen molar-refractivity contribution in [1.29, 1.82) is 0 Å². The molecule has 0 aliphatic rings. The highest BCUT2D eigenvalue weighted by Crippen LogP contribution is 2.34. The molecule has 6 nitrogen and oxygen atoms in total. The van der Waals surface area contributed by atoms with Gasteiger partial charge in [0.2, 0.25) is 0 Å². The average molecular weight is 242 g/mol. The maximum Gasteiger partial charge on any atom is 0.165 e. The Morgan fingerprint density at radius 3 is 1.35 bits per heavy atom. The van der Waals surface area contributed by atoms with Crippen LogP contribution in [-0.4, -0.2) is 28.8 Å². The lowest BCUT2D eigenvalue weighted by molar-refractivity contribution is -0.152. The molecule has 4 N–H and O–H groups in total. The van der Waals surface area contributed by atoms with Crippen LogP contribution in [0, 0.1) is 5.41 Å². The average Bonchev–Trinajstić information content (AvgIpc) is 2.11. The Balaban J connectivity index is 5.99. The zero-order valence-corrected chi connectivity index (χ0v) is 10.5. The molecule has 0 saturated heterocycles. The molecule has 0 aromatic heterocycles. The molecule has 0 aromatic carbocycles. The summed E-state index contributed by atoms with van der Waals surface area (Å²) in [5.41, 5.74) is 7.09. The number of rotatable bonds is 6. The first-order valence-corrected chi connectivity index (χ1v) is 5.10. The highest BCUT2D eigenvalue weighted by Gasteiger charge is 2.57. The van der Waals surface area contributed by atoms with Gasteiger partial charge in [0.15, 0.2) is 5.78 Å². The fourth-order valence-corrected chi connectivity index (χ4v) is 1.90. The third-order valence-electron chi connectivity index (χ3n) is 3.00. The molecule has 0 atom stereocenters. The Kier molecular flexibility index (Phi) is 4.45. The van der Waals surface area contributed by atoms with Crippen LogP contribution in [0.3, 0.4) is 0 Å². The van der Waals surface area contributed by atoms with Crippen molar-refractivity contribution in [2.45, 2.75) is 39.8 Å². The van der Waals surface area contributed by atoms with Crippen LogP contribution in [-0.2, 0) is 19.2 Å². The van der Waals surface area contributed by atoms with E-state index in [2.05, 4.69) is 0 Å². The summed E-state index contributed by atoms with van der Waals surface area (Å²) in [7, 11) is 0. The molecule has 0 rings (SSSR count). The van der Waals surface area contributed by atoms with Crippen molar-refractivity contribution >= 4 is 23.1 Å². The van der Waals surface area contributed by atoms with Crippen molar-refractivity contribution in [3.8, 4) is 0 Å². The summed E-state index contributed by atoms with van der Waals surface area (Å²) in [5, 5.41) is 0. The summed E-state index contributed by atoms with van der Waals surface area (Å²) in [4.78, 5) is 46.1. The molecule has 0 fully saturated rings. The van der Waals surface area contributed by atoms with Crippen LogP contribution in [0.1, 0.15) is 34.1 Å². The molecule has 0 aliphatic carbocycles. The summed E-state index contributed by atoms with van der Waals surface area (Å²) >= 11 is 0. The van der Waals surface area contributed by atoms with Gasteiger partial charge in [0.25, 0.3) is 0 Å². The van der Waals surface area contributed by atoms with E-state index in [1.807, 2.05) is 0 Å². The van der Waals surface area contributed by atoms with E-state index in [9.17, 15) is 19.2 Å². The molecular formula is C11H18N2O4. The van der Waals surface area contributed by atoms with Crippen molar-refractivity contribution in [3.05, 3.63) is 0 Å². The first-order valence-electron chi connectivity index (χ1n) is 5.10. The Labute approximate surface area is 99.7 Å². The second kappa shape index (κ2) is 4.85. The predicted octanol–water partition coefficient (Wildman–Crippen LogP) is -0.667. The SMILES string of the molecule is CC(=O)CC(C(C)=O)(C(C)=O)C(N)(N)C(C)=O. The van der Waals surface area contributed by atoms with E-state index in [1.165, 1.54) is 6.92 Å². The third-order valence-corrected chi connectivity index (χ3v) is 3.00. The summed E-state index contributed by atoms with van der Waals surface area (Å²) in [5.74, 6) is -2.51. The molecule has 0 bridgehead atoms. The fraction of sp³-hybridized carbons (Fsp3) is 0.636. The second-order valence-corrected chi connectivity index (χ2v) is 4.32. The largest absolute Gasteiger partial charge is 0.306 e. The van der Waals surface area contributed by atoms with Gasteiger partial charge in [0.05, 0.1) is 0 Å². The maximum absolute atomic E-state index is 11.7. The second-order valence-electron chi connectivity index (χ2n) is 4.32. The minimum Gasteiger partial charge on any atom is -0.306 e. The van der Waals surface area contributed by atoms with Gasteiger partial charge in [-0.15, -0.1) is 0 Å². The van der Waals surface area contributed by atoms with Gasteiger partial charge in [-0.1, -0.05) is 0 Å². The lowest BCUT2D eigenvalue weighted by Crippen LogP contribution is -2.72. The highest BCUT2D eigenvalue weighted by molar-refractivity contribution is 6.13. The molecule has 0 unspecified atom stereocenters. The number of Topliss-reactive ketones (excluding diaryl/α,β-unsaturated/α-hetero) is 4. The van der Waals surface area contributed by atoms with Crippen molar-refractivity contribution in [1.82, 2.24) is 0 Å². The number of hydrogen-bond donors (Lipinski definition) is 2. The van der Waals surface area contributed by atoms with Crippen LogP contribution in [0.4, 0.5) is 0 Å². The number of ketones is 4. The van der Waals surface area contributed by atoms with E-state index < -0.39 is 40.6 Å². The van der Waals surface area contributed by atoms with Crippen LogP contribution in [0.5, 0.6) is 0 Å². The van der Waals surface area contributed by atoms with Gasteiger partial charge >= 0.3 is 0 Å². The molecule has 17 heavy (non-hydrogen) atoms. The Bertz CT molecular complexity index is 371. The molecule has 0 radical (unpaired) electrons. The Morgan fingerprint density at radius 2 is 1.18 bits per heavy atom. The van der Waals surface area contributed by atoms with Crippen LogP contribution in [0.25, 0.3) is 0 Å². The zero-order chi connectivity index (χ0) is 14.0. The topological polar surface area (TPSA) is 120 Å². The number of carbonyl (C=O) groups is 4. The van der Waals surface area contributed by atoms with E-state index in [0.717, 1.165) is 20.8 Å². The molecule has 0 aliphatic heterocycles. The van der Waals surface area contributed by atoms with Gasteiger partial charge in [-0.05, 0) is 27.7 Å². The number of nitrogens with two attached hydrogens (primary N) is 2. The Hall–Kier alpha value is -1.40. The maximum atomic E-state index is 11.7. The van der Waals surface area contributed by atoms with E-state index in [4.69, 9.17) is 11.5 Å². The first-order chi connectivity index (χ1) is 7.50. The van der Waals surface area contributed by atoms with E-state index in [1.54, 1.807) is 0 Å². The Morgan fingerprint density at radius 1 is 0.824 bits per heavy atom. The van der Waals surface area contributed by atoms with E-state index in [0.29, 0.717) is 0 Å². The smallest absolute Gasteiger partial charge is 0.165 e. The van der Waals surface area contributed by atoms with Crippen LogP contribution in [0.2, 0.25) is 0 Å². The lowest BCUT2D eigenvalue weighted by atomic mass is 9.65. The summed E-state index contributed by atoms with van der Waals surface area (Å²) in [6.07, 6.45) is -0.468. The number of carbonyl (C=O) groups excluding carboxylic acids is 4. The van der Waals surface area contributed by atoms with Gasteiger partial charge in [-0.2, -0.15) is 0 Å². The summed E-state index contributed by atoms with van der Waals surface area (Å²) in [6, 6.07) is 0. The monoisotopic (exact) mass is 242 g/mol. The molecule has 0 spiro atoms. The van der Waals surface area contributed by atoms with Crippen molar-refractivity contribution in [3.63, 3.8) is 0 Å². The van der Waals surface area contributed by atoms with Gasteiger partial charge < -0.3 is 11.5 Å². The van der Waals surface area contributed by atoms with Crippen molar-refractivity contribution in [2.24, 2.45) is 16.9 Å². The molecule has 0 saturated carbocycles.